The highest BCUT2D eigenvalue weighted by Crippen LogP contribution is 2.40. The number of esters is 1. The summed E-state index contributed by atoms with van der Waals surface area (Å²) < 4.78 is 26.5. The van der Waals surface area contributed by atoms with Gasteiger partial charge in [0.2, 0.25) is 0 Å². The van der Waals surface area contributed by atoms with Crippen LogP contribution in [-0.2, 0) is 14.0 Å². The Kier molecular flexibility index (Phi) is 5.83. The first-order chi connectivity index (χ1) is 12.8. The van der Waals surface area contributed by atoms with Gasteiger partial charge in [-0.2, -0.15) is 0 Å². The molecule has 5 heteroatoms. The molecule has 1 aliphatic rings. The Labute approximate surface area is 165 Å². The highest BCUT2D eigenvalue weighted by molar-refractivity contribution is 6.45. The molecule has 1 aromatic rings. The summed E-state index contributed by atoms with van der Waals surface area (Å²) in [4.78, 5) is 12.5. The molecule has 4 nitrogen and oxygen atoms in total. The summed E-state index contributed by atoms with van der Waals surface area (Å²) in [6, 6.07) is 7.28. The normalized spacial score (nSPS) is 21.3. The van der Waals surface area contributed by atoms with Gasteiger partial charge in [-0.3, -0.25) is 0 Å². The van der Waals surface area contributed by atoms with Crippen LogP contribution in [-0.4, -0.2) is 29.9 Å². The monoisotopic (exact) mass is 373 g/mol. The Balaban J connectivity index is 2.28. The van der Waals surface area contributed by atoms with E-state index < -0.39 is 30.2 Å². The van der Waals surface area contributed by atoms with Gasteiger partial charge in [0.25, 0.3) is 0 Å². The van der Waals surface area contributed by atoms with E-state index >= 15 is 0 Å². The molecule has 27 heavy (non-hydrogen) atoms. The van der Waals surface area contributed by atoms with E-state index in [1.165, 1.54) is 0 Å². The topological polar surface area (TPSA) is 44.8 Å². The summed E-state index contributed by atoms with van der Waals surface area (Å²) in [6.07, 6.45) is 1.71. The molecule has 1 aromatic carbocycles. The van der Waals surface area contributed by atoms with Crippen LogP contribution < -0.4 is 0 Å². The van der Waals surface area contributed by atoms with Crippen LogP contribution in [0.2, 0.25) is 6.30 Å². The standard InChI is InChI=1S/C22H33BO4/c1-9-11-18(15-23-26-21(5,6)22(7,8)27-23)16-12-10-13-17(14-16)19(24)25-20(2,3)4/h9-10,12-14,18H,1,11,15H2,2-8H3/t18-/m0/s1/i15D/t15-,18-. The van der Waals surface area contributed by atoms with Crippen molar-refractivity contribution in [2.45, 2.75) is 83.9 Å². The number of carbonyl (C=O) groups is 1. The molecule has 0 spiro atoms. The number of carbonyl (C=O) groups excluding carboxylic acids is 1. The van der Waals surface area contributed by atoms with Crippen molar-refractivity contribution in [2.75, 3.05) is 0 Å². The molecule has 1 aliphatic heterocycles. The highest BCUT2D eigenvalue weighted by Gasteiger charge is 2.51. The molecule has 1 saturated heterocycles. The van der Waals surface area contributed by atoms with Crippen LogP contribution in [0.15, 0.2) is 36.9 Å². The van der Waals surface area contributed by atoms with Gasteiger partial charge in [0.1, 0.15) is 5.60 Å². The Bertz CT molecular complexity index is 707. The van der Waals surface area contributed by atoms with Crippen LogP contribution in [0.3, 0.4) is 0 Å². The third-order valence-electron chi connectivity index (χ3n) is 5.03. The second-order valence-electron chi connectivity index (χ2n) is 9.08. The number of allylic oxidation sites excluding steroid dienone is 1. The van der Waals surface area contributed by atoms with E-state index in [4.69, 9.17) is 15.4 Å². The van der Waals surface area contributed by atoms with Crippen molar-refractivity contribution in [3.8, 4) is 0 Å². The minimum Gasteiger partial charge on any atom is -0.456 e. The van der Waals surface area contributed by atoms with Crippen molar-refractivity contribution >= 4 is 13.1 Å². The van der Waals surface area contributed by atoms with Gasteiger partial charge >= 0.3 is 13.1 Å². The minimum atomic E-state index is -0.659. The van der Waals surface area contributed by atoms with Crippen LogP contribution in [0.4, 0.5) is 0 Å². The summed E-state index contributed by atoms with van der Waals surface area (Å²) in [6.45, 7) is 17.3. The van der Waals surface area contributed by atoms with Crippen molar-refractivity contribution in [1.82, 2.24) is 0 Å². The van der Waals surface area contributed by atoms with Gasteiger partial charge in [-0.1, -0.05) is 18.2 Å². The fraction of sp³-hybridized carbons (Fsp3) is 0.591. The van der Waals surface area contributed by atoms with Gasteiger partial charge in [-0.15, -0.1) is 6.58 Å². The van der Waals surface area contributed by atoms with E-state index in [9.17, 15) is 4.79 Å². The molecule has 0 aromatic heterocycles. The Morgan fingerprint density at radius 1 is 1.30 bits per heavy atom. The number of hydrogen-bond acceptors (Lipinski definition) is 4. The first kappa shape index (κ1) is 20.2. The molecule has 0 radical (unpaired) electrons. The van der Waals surface area contributed by atoms with Gasteiger partial charge in [0.15, 0.2) is 0 Å². The first-order valence-corrected chi connectivity index (χ1v) is 9.49. The van der Waals surface area contributed by atoms with E-state index in [0.717, 1.165) is 5.56 Å². The molecule has 0 unspecified atom stereocenters. The summed E-state index contributed by atoms with van der Waals surface area (Å²) >= 11 is 0. The Morgan fingerprint density at radius 3 is 2.41 bits per heavy atom. The quantitative estimate of drug-likeness (QED) is 0.381. The summed E-state index contributed by atoms with van der Waals surface area (Å²) in [5, 5.41) is 0. The molecule has 2 rings (SSSR count). The molecule has 0 N–H and O–H groups in total. The minimum absolute atomic E-state index is 0.213. The van der Waals surface area contributed by atoms with Crippen LogP contribution in [0.5, 0.6) is 0 Å². The predicted molar refractivity (Wildman–Crippen MR) is 110 cm³/mol. The number of benzene rings is 1. The molecule has 2 atom stereocenters. The summed E-state index contributed by atoms with van der Waals surface area (Å²) in [5.41, 5.74) is -0.198. The number of ether oxygens (including phenoxy) is 1. The molecule has 0 amide bonds. The first-order valence-electron chi connectivity index (χ1n) is 10.1. The fourth-order valence-corrected chi connectivity index (χ4v) is 2.90. The molecule has 0 saturated carbocycles. The Morgan fingerprint density at radius 2 is 1.89 bits per heavy atom. The third-order valence-corrected chi connectivity index (χ3v) is 5.03. The maximum Gasteiger partial charge on any atom is 0.458 e. The van der Waals surface area contributed by atoms with Gasteiger partial charge in [-0.25, -0.2) is 4.79 Å². The van der Waals surface area contributed by atoms with E-state index in [2.05, 4.69) is 6.58 Å². The zero-order chi connectivity index (χ0) is 21.3. The molecule has 0 aliphatic carbocycles. The van der Waals surface area contributed by atoms with E-state index in [0.29, 0.717) is 12.0 Å². The number of rotatable bonds is 6. The van der Waals surface area contributed by atoms with Crippen LogP contribution in [0, 0.1) is 0 Å². The smallest absolute Gasteiger partial charge is 0.456 e. The van der Waals surface area contributed by atoms with Crippen molar-refractivity contribution in [3.63, 3.8) is 0 Å². The van der Waals surface area contributed by atoms with Gasteiger partial charge < -0.3 is 14.0 Å². The molecule has 0 bridgehead atoms. The van der Waals surface area contributed by atoms with Crippen LogP contribution >= 0.6 is 0 Å². The maximum absolute atomic E-state index is 12.5. The zero-order valence-corrected chi connectivity index (χ0v) is 17.7. The SMILES string of the molecule is [2H][C@H](B1OC(C)(C)C(C)(C)O1)[C@H](CC=C)c1cccc(C(=O)OC(C)(C)C)c1. The second kappa shape index (κ2) is 7.80. The average molecular weight is 373 g/mol. The Hall–Kier alpha value is -1.59. The molecule has 148 valence electrons. The summed E-state index contributed by atoms with van der Waals surface area (Å²) in [7, 11) is -0.653. The molecular weight excluding hydrogens is 339 g/mol. The van der Waals surface area contributed by atoms with Gasteiger partial charge in [0, 0.05) is 1.37 Å². The van der Waals surface area contributed by atoms with Crippen molar-refractivity contribution in [2.24, 2.45) is 0 Å². The maximum atomic E-state index is 12.5. The van der Waals surface area contributed by atoms with Crippen molar-refractivity contribution in [1.29, 1.82) is 0 Å². The van der Waals surface area contributed by atoms with Gasteiger partial charge in [0.05, 0.1) is 16.8 Å². The zero-order valence-electron chi connectivity index (χ0n) is 18.7. The van der Waals surface area contributed by atoms with Crippen molar-refractivity contribution in [3.05, 3.63) is 48.0 Å². The molecular formula is C22H33BO4. The lowest BCUT2D eigenvalue weighted by Crippen LogP contribution is -2.41. The fourth-order valence-electron chi connectivity index (χ4n) is 2.90. The molecule has 1 fully saturated rings. The highest BCUT2D eigenvalue weighted by atomic mass is 16.7. The molecule has 1 heterocycles. The van der Waals surface area contributed by atoms with E-state index in [1.807, 2.05) is 60.6 Å². The van der Waals surface area contributed by atoms with Crippen LogP contribution in [0.1, 0.15) is 78.1 Å². The van der Waals surface area contributed by atoms with E-state index in [1.54, 1.807) is 18.2 Å². The second-order valence-corrected chi connectivity index (χ2v) is 9.08. The van der Waals surface area contributed by atoms with Gasteiger partial charge in [-0.05, 0) is 84.8 Å². The lowest BCUT2D eigenvalue weighted by molar-refractivity contribution is 0.00578. The summed E-state index contributed by atoms with van der Waals surface area (Å²) in [5.74, 6) is -0.585. The lowest BCUT2D eigenvalue weighted by Gasteiger charge is -2.32. The van der Waals surface area contributed by atoms with E-state index in [-0.39, 0.29) is 11.9 Å². The predicted octanol–water partition coefficient (Wildman–Crippen LogP) is 5.39. The number of hydrogen-bond donors (Lipinski definition) is 0. The van der Waals surface area contributed by atoms with Crippen molar-refractivity contribution < 1.29 is 20.2 Å². The third kappa shape index (κ3) is 5.46. The average Bonchev–Trinajstić information content (AvgIpc) is 2.78. The lowest BCUT2D eigenvalue weighted by atomic mass is 9.73. The largest absolute Gasteiger partial charge is 0.458 e. The van der Waals surface area contributed by atoms with Crippen LogP contribution in [0.25, 0.3) is 0 Å².